The zero-order chi connectivity index (χ0) is 7.68. The maximum Gasteiger partial charge on any atom is 0.0975 e. The van der Waals surface area contributed by atoms with E-state index in [1.54, 1.807) is 0 Å². The van der Waals surface area contributed by atoms with Gasteiger partial charge in [-0.15, -0.1) is 11.6 Å². The summed E-state index contributed by atoms with van der Waals surface area (Å²) >= 11 is 6.23. The molecule has 64 valence electrons. The summed E-state index contributed by atoms with van der Waals surface area (Å²) in [6.45, 7) is 0.907. The second-order valence-corrected chi connectivity index (χ2v) is 4.22. The fraction of sp³-hybridized carbons (Fsp3) is 1.00. The van der Waals surface area contributed by atoms with Gasteiger partial charge in [-0.25, -0.2) is 0 Å². The predicted octanol–water partition coefficient (Wildman–Crippen LogP) is 2.57. The molecule has 1 saturated heterocycles. The highest BCUT2D eigenvalue weighted by Crippen LogP contribution is 2.34. The van der Waals surface area contributed by atoms with E-state index >= 15 is 0 Å². The third kappa shape index (κ3) is 1.88. The number of hydrogen-bond donors (Lipinski definition) is 0. The van der Waals surface area contributed by atoms with Crippen LogP contribution in [0, 0.1) is 5.92 Å². The average molecular weight is 175 g/mol. The van der Waals surface area contributed by atoms with E-state index < -0.39 is 0 Å². The highest BCUT2D eigenvalue weighted by atomic mass is 35.5. The Balaban J connectivity index is 1.81. The number of halogens is 1. The molecule has 2 unspecified atom stereocenters. The molecule has 0 aromatic carbocycles. The summed E-state index contributed by atoms with van der Waals surface area (Å²) in [5.41, 5.74) is 0. The highest BCUT2D eigenvalue weighted by Gasteiger charge is 2.36. The lowest BCUT2D eigenvalue weighted by Crippen LogP contribution is -2.22. The van der Waals surface area contributed by atoms with Crippen molar-refractivity contribution in [3.8, 4) is 0 Å². The van der Waals surface area contributed by atoms with Gasteiger partial charge in [-0.1, -0.05) is 19.3 Å². The van der Waals surface area contributed by atoms with Crippen molar-refractivity contribution < 1.29 is 4.74 Å². The lowest BCUT2D eigenvalue weighted by molar-refractivity contribution is 0.298. The Kier molecular flexibility index (Phi) is 2.38. The maximum atomic E-state index is 6.23. The Morgan fingerprint density at radius 3 is 2.36 bits per heavy atom. The fourth-order valence-electron chi connectivity index (χ4n) is 2.00. The first kappa shape index (κ1) is 7.88. The molecule has 1 saturated carbocycles. The Morgan fingerprint density at radius 2 is 1.82 bits per heavy atom. The van der Waals surface area contributed by atoms with E-state index in [0.717, 1.165) is 12.5 Å². The van der Waals surface area contributed by atoms with Gasteiger partial charge in [0.15, 0.2) is 0 Å². The minimum Gasteiger partial charge on any atom is -0.372 e. The molecule has 0 aromatic rings. The lowest BCUT2D eigenvalue weighted by atomic mass is 9.86. The van der Waals surface area contributed by atoms with Crippen LogP contribution in [-0.4, -0.2) is 18.1 Å². The van der Waals surface area contributed by atoms with Gasteiger partial charge in [-0.05, 0) is 18.8 Å². The van der Waals surface area contributed by atoms with Crippen LogP contribution in [0.4, 0.5) is 0 Å². The molecule has 0 aromatic heterocycles. The van der Waals surface area contributed by atoms with Gasteiger partial charge in [0.2, 0.25) is 0 Å². The van der Waals surface area contributed by atoms with Crippen molar-refractivity contribution >= 4 is 11.6 Å². The Bertz CT molecular complexity index is 128. The number of alkyl halides is 1. The summed E-state index contributed by atoms with van der Waals surface area (Å²) in [6, 6.07) is 0. The molecule has 0 radical (unpaired) electrons. The first-order chi connectivity index (χ1) is 5.38. The molecule has 2 fully saturated rings. The Hall–Kier alpha value is 0.250. The molecule has 0 N–H and O–H groups in total. The number of rotatable bonds is 2. The average Bonchev–Trinajstić information content (AvgIpc) is 2.87. The molecule has 1 heterocycles. The van der Waals surface area contributed by atoms with Crippen LogP contribution in [0.2, 0.25) is 0 Å². The summed E-state index contributed by atoms with van der Waals surface area (Å²) in [7, 11) is 0. The second kappa shape index (κ2) is 3.32. The fourth-order valence-corrected chi connectivity index (χ4v) is 2.39. The standard InChI is InChI=1S/C9H15ClO/c10-9(8-6-11-8)7-4-2-1-3-5-7/h7-9H,1-6H2. The summed E-state index contributed by atoms with van der Waals surface area (Å²) in [5.74, 6) is 0.748. The van der Waals surface area contributed by atoms with Gasteiger partial charge < -0.3 is 4.74 Å². The van der Waals surface area contributed by atoms with Crippen LogP contribution in [0.25, 0.3) is 0 Å². The predicted molar refractivity (Wildman–Crippen MR) is 46.0 cm³/mol. The van der Waals surface area contributed by atoms with Crippen LogP contribution in [-0.2, 0) is 4.74 Å². The minimum atomic E-state index is 0.315. The second-order valence-electron chi connectivity index (χ2n) is 3.71. The maximum absolute atomic E-state index is 6.23. The van der Waals surface area contributed by atoms with Crippen LogP contribution in [0.5, 0.6) is 0 Å². The third-order valence-corrected chi connectivity index (χ3v) is 3.45. The molecule has 11 heavy (non-hydrogen) atoms. The summed E-state index contributed by atoms with van der Waals surface area (Å²) in [4.78, 5) is 0. The molecule has 1 aliphatic carbocycles. The molecular formula is C9H15ClO. The van der Waals surface area contributed by atoms with Gasteiger partial charge in [0, 0.05) is 0 Å². The summed E-state index contributed by atoms with van der Waals surface area (Å²) < 4.78 is 5.19. The molecule has 1 nitrogen and oxygen atoms in total. The van der Waals surface area contributed by atoms with Crippen molar-refractivity contribution in [2.45, 2.75) is 43.6 Å². The molecule has 2 aliphatic rings. The zero-order valence-electron chi connectivity index (χ0n) is 6.76. The normalized spacial score (nSPS) is 35.2. The molecular weight excluding hydrogens is 160 g/mol. The molecule has 0 spiro atoms. The van der Waals surface area contributed by atoms with E-state index in [1.807, 2.05) is 0 Å². The molecule has 0 bridgehead atoms. The van der Waals surface area contributed by atoms with Crippen molar-refractivity contribution in [3.63, 3.8) is 0 Å². The van der Waals surface area contributed by atoms with E-state index in [-0.39, 0.29) is 0 Å². The first-order valence-corrected chi connectivity index (χ1v) is 5.07. The summed E-state index contributed by atoms with van der Waals surface area (Å²) in [6.07, 6.45) is 7.22. The molecule has 0 amide bonds. The number of hydrogen-bond acceptors (Lipinski definition) is 1. The van der Waals surface area contributed by atoms with Gasteiger partial charge in [-0.3, -0.25) is 0 Å². The van der Waals surface area contributed by atoms with Crippen molar-refractivity contribution in [2.75, 3.05) is 6.61 Å². The van der Waals surface area contributed by atoms with Gasteiger partial charge in [0.25, 0.3) is 0 Å². The largest absolute Gasteiger partial charge is 0.372 e. The van der Waals surface area contributed by atoms with Crippen molar-refractivity contribution in [3.05, 3.63) is 0 Å². The quantitative estimate of drug-likeness (QED) is 0.463. The van der Waals surface area contributed by atoms with E-state index in [9.17, 15) is 0 Å². The van der Waals surface area contributed by atoms with Crippen molar-refractivity contribution in [1.29, 1.82) is 0 Å². The van der Waals surface area contributed by atoms with E-state index in [4.69, 9.17) is 16.3 Å². The lowest BCUT2D eigenvalue weighted by Gasteiger charge is -2.24. The van der Waals surface area contributed by atoms with Crippen LogP contribution in [0.1, 0.15) is 32.1 Å². The van der Waals surface area contributed by atoms with Crippen LogP contribution in [0.15, 0.2) is 0 Å². The topological polar surface area (TPSA) is 12.5 Å². The minimum absolute atomic E-state index is 0.315. The van der Waals surface area contributed by atoms with Crippen LogP contribution >= 0.6 is 11.6 Å². The van der Waals surface area contributed by atoms with Crippen molar-refractivity contribution in [2.24, 2.45) is 5.92 Å². The molecule has 1 aliphatic heterocycles. The monoisotopic (exact) mass is 174 g/mol. The Labute approximate surface area is 73.1 Å². The zero-order valence-corrected chi connectivity index (χ0v) is 7.52. The van der Waals surface area contributed by atoms with Gasteiger partial charge in [0.1, 0.15) is 0 Å². The first-order valence-electron chi connectivity index (χ1n) is 4.63. The molecule has 2 heteroatoms. The summed E-state index contributed by atoms with van der Waals surface area (Å²) in [5, 5.41) is 0.315. The van der Waals surface area contributed by atoms with E-state index in [2.05, 4.69) is 0 Å². The molecule has 2 rings (SSSR count). The number of epoxide rings is 1. The van der Waals surface area contributed by atoms with E-state index in [0.29, 0.717) is 11.5 Å². The van der Waals surface area contributed by atoms with E-state index in [1.165, 1.54) is 32.1 Å². The Morgan fingerprint density at radius 1 is 1.18 bits per heavy atom. The third-order valence-electron chi connectivity index (χ3n) is 2.81. The van der Waals surface area contributed by atoms with Crippen molar-refractivity contribution in [1.82, 2.24) is 0 Å². The number of ether oxygens (including phenoxy) is 1. The molecule has 2 atom stereocenters. The van der Waals surface area contributed by atoms with Gasteiger partial charge in [-0.2, -0.15) is 0 Å². The van der Waals surface area contributed by atoms with Crippen LogP contribution in [0.3, 0.4) is 0 Å². The van der Waals surface area contributed by atoms with Gasteiger partial charge >= 0.3 is 0 Å². The smallest absolute Gasteiger partial charge is 0.0975 e. The van der Waals surface area contributed by atoms with Crippen LogP contribution < -0.4 is 0 Å². The highest BCUT2D eigenvalue weighted by molar-refractivity contribution is 6.21. The SMILES string of the molecule is ClC(C1CCCCC1)C1CO1. The van der Waals surface area contributed by atoms with Gasteiger partial charge in [0.05, 0.1) is 18.1 Å².